The normalized spacial score (nSPS) is 30.2. The van der Waals surface area contributed by atoms with Gasteiger partial charge in [0.1, 0.15) is 0 Å². The van der Waals surface area contributed by atoms with Crippen molar-refractivity contribution in [2.75, 3.05) is 0 Å². The monoisotopic (exact) mass is 233 g/mol. The molecule has 0 spiro atoms. The quantitative estimate of drug-likeness (QED) is 0.825. The summed E-state index contributed by atoms with van der Waals surface area (Å²) in [4.78, 5) is 0. The molecular formula is C15H23NO. The van der Waals surface area contributed by atoms with Gasteiger partial charge in [0.15, 0.2) is 0 Å². The van der Waals surface area contributed by atoms with E-state index in [-0.39, 0.29) is 11.5 Å². The highest BCUT2D eigenvalue weighted by atomic mass is 16.3. The first-order valence-electron chi connectivity index (χ1n) is 6.51. The van der Waals surface area contributed by atoms with Gasteiger partial charge in [0.05, 0.1) is 5.60 Å². The number of aliphatic hydroxyl groups is 1. The molecule has 2 atom stereocenters. The Labute approximate surface area is 104 Å². The lowest BCUT2D eigenvalue weighted by Gasteiger charge is -2.47. The van der Waals surface area contributed by atoms with Crippen LogP contribution in [0, 0.1) is 5.92 Å². The average Bonchev–Trinajstić information content (AvgIpc) is 2.29. The second-order valence-corrected chi connectivity index (χ2v) is 5.91. The maximum Gasteiger partial charge on any atom is 0.0941 e. The summed E-state index contributed by atoms with van der Waals surface area (Å²) in [6.07, 6.45) is 4.08. The lowest BCUT2D eigenvalue weighted by atomic mass is 9.64. The summed E-state index contributed by atoms with van der Waals surface area (Å²) in [5.41, 5.74) is 6.19. The Balaban J connectivity index is 2.38. The summed E-state index contributed by atoms with van der Waals surface area (Å²) in [6, 6.07) is 10.00. The number of rotatable bonds is 2. The predicted octanol–water partition coefficient (Wildman–Crippen LogP) is 2.80. The van der Waals surface area contributed by atoms with Gasteiger partial charge in [-0.25, -0.2) is 0 Å². The van der Waals surface area contributed by atoms with E-state index >= 15 is 0 Å². The summed E-state index contributed by atoms with van der Waals surface area (Å²) >= 11 is 0. The molecule has 0 aliphatic heterocycles. The topological polar surface area (TPSA) is 46.2 Å². The van der Waals surface area contributed by atoms with Crippen molar-refractivity contribution in [2.24, 2.45) is 11.7 Å². The van der Waals surface area contributed by atoms with Crippen LogP contribution in [-0.4, -0.2) is 10.6 Å². The van der Waals surface area contributed by atoms with Crippen LogP contribution in [0.1, 0.15) is 45.1 Å². The highest BCUT2D eigenvalue weighted by Gasteiger charge is 2.46. The summed E-state index contributed by atoms with van der Waals surface area (Å²) in [5.74, 6) is 0.131. The molecule has 3 N–H and O–H groups in total. The zero-order valence-corrected chi connectivity index (χ0v) is 10.8. The molecule has 2 heteroatoms. The molecule has 2 unspecified atom stereocenters. The maximum atomic E-state index is 11.1. The van der Waals surface area contributed by atoms with Crippen LogP contribution in [0.2, 0.25) is 0 Å². The van der Waals surface area contributed by atoms with Gasteiger partial charge < -0.3 is 10.8 Å². The van der Waals surface area contributed by atoms with E-state index in [4.69, 9.17) is 5.73 Å². The molecule has 1 fully saturated rings. The minimum absolute atomic E-state index is 0.131. The van der Waals surface area contributed by atoms with E-state index in [0.717, 1.165) is 24.8 Å². The molecule has 94 valence electrons. The second kappa shape index (κ2) is 4.43. The maximum absolute atomic E-state index is 11.1. The molecule has 0 saturated heterocycles. The van der Waals surface area contributed by atoms with Crippen LogP contribution in [0.25, 0.3) is 0 Å². The molecule has 0 amide bonds. The van der Waals surface area contributed by atoms with Gasteiger partial charge in [-0.3, -0.25) is 0 Å². The Morgan fingerprint density at radius 3 is 2.47 bits per heavy atom. The van der Waals surface area contributed by atoms with Crippen molar-refractivity contribution < 1.29 is 5.11 Å². The van der Waals surface area contributed by atoms with E-state index in [1.807, 2.05) is 44.2 Å². The molecule has 1 aliphatic rings. The number of hydrogen-bond acceptors (Lipinski definition) is 2. The van der Waals surface area contributed by atoms with Gasteiger partial charge in [-0.15, -0.1) is 0 Å². The van der Waals surface area contributed by atoms with Gasteiger partial charge in [-0.05, 0) is 32.3 Å². The third kappa shape index (κ3) is 2.38. The summed E-state index contributed by atoms with van der Waals surface area (Å²) < 4.78 is 0. The molecular weight excluding hydrogens is 210 g/mol. The third-order valence-electron chi connectivity index (χ3n) is 4.05. The summed E-state index contributed by atoms with van der Waals surface area (Å²) in [5, 5.41) is 11.1. The van der Waals surface area contributed by atoms with Gasteiger partial charge in [0.25, 0.3) is 0 Å². The van der Waals surface area contributed by atoms with Crippen molar-refractivity contribution in [1.29, 1.82) is 0 Å². The minimum atomic E-state index is -0.752. The molecule has 1 saturated carbocycles. The molecule has 0 bridgehead atoms. The van der Waals surface area contributed by atoms with Gasteiger partial charge in [0, 0.05) is 11.5 Å². The first-order valence-corrected chi connectivity index (χ1v) is 6.51. The van der Waals surface area contributed by atoms with Gasteiger partial charge >= 0.3 is 0 Å². The Hall–Kier alpha value is -0.860. The van der Waals surface area contributed by atoms with E-state index in [0.29, 0.717) is 0 Å². The molecule has 0 radical (unpaired) electrons. The standard InChI is InChI=1S/C15H23NO/c1-14(2,16)13-10-6-7-11-15(13,17)12-8-4-3-5-9-12/h3-5,8-9,13,17H,6-7,10-11,16H2,1-2H3. The van der Waals surface area contributed by atoms with E-state index in [1.165, 1.54) is 6.42 Å². The van der Waals surface area contributed by atoms with Gasteiger partial charge in [-0.1, -0.05) is 43.2 Å². The Kier molecular flexibility index (Phi) is 3.28. The Morgan fingerprint density at radius 2 is 1.88 bits per heavy atom. The summed E-state index contributed by atoms with van der Waals surface area (Å²) in [6.45, 7) is 4.05. The van der Waals surface area contributed by atoms with Crippen LogP contribution in [0.3, 0.4) is 0 Å². The Morgan fingerprint density at radius 1 is 1.24 bits per heavy atom. The molecule has 1 aliphatic carbocycles. The van der Waals surface area contributed by atoms with Crippen molar-refractivity contribution >= 4 is 0 Å². The second-order valence-electron chi connectivity index (χ2n) is 5.91. The first kappa shape index (κ1) is 12.6. The minimum Gasteiger partial charge on any atom is -0.385 e. The van der Waals surface area contributed by atoms with E-state index in [1.54, 1.807) is 0 Å². The van der Waals surface area contributed by atoms with Gasteiger partial charge in [-0.2, -0.15) is 0 Å². The lowest BCUT2D eigenvalue weighted by molar-refractivity contribution is -0.0786. The molecule has 0 aromatic heterocycles. The largest absolute Gasteiger partial charge is 0.385 e. The van der Waals surface area contributed by atoms with Gasteiger partial charge in [0.2, 0.25) is 0 Å². The molecule has 2 rings (SSSR count). The summed E-state index contributed by atoms with van der Waals surface area (Å²) in [7, 11) is 0. The van der Waals surface area contributed by atoms with Crippen molar-refractivity contribution in [3.63, 3.8) is 0 Å². The predicted molar refractivity (Wildman–Crippen MR) is 70.6 cm³/mol. The molecule has 17 heavy (non-hydrogen) atoms. The van der Waals surface area contributed by atoms with E-state index < -0.39 is 5.60 Å². The SMILES string of the molecule is CC(C)(N)C1CCCCC1(O)c1ccccc1. The number of benzene rings is 1. The highest BCUT2D eigenvalue weighted by molar-refractivity contribution is 5.25. The van der Waals surface area contributed by atoms with Crippen LogP contribution < -0.4 is 5.73 Å². The zero-order chi connectivity index (χ0) is 12.5. The lowest BCUT2D eigenvalue weighted by Crippen LogP contribution is -2.53. The van der Waals surface area contributed by atoms with Crippen molar-refractivity contribution in [3.05, 3.63) is 35.9 Å². The molecule has 0 heterocycles. The molecule has 1 aromatic rings. The van der Waals surface area contributed by atoms with E-state index in [9.17, 15) is 5.11 Å². The zero-order valence-electron chi connectivity index (χ0n) is 10.8. The third-order valence-corrected chi connectivity index (χ3v) is 4.05. The average molecular weight is 233 g/mol. The van der Waals surface area contributed by atoms with Crippen LogP contribution in [0.5, 0.6) is 0 Å². The Bertz CT molecular complexity index is 368. The smallest absolute Gasteiger partial charge is 0.0941 e. The van der Waals surface area contributed by atoms with Crippen molar-refractivity contribution in [1.82, 2.24) is 0 Å². The first-order chi connectivity index (χ1) is 7.94. The molecule has 1 aromatic carbocycles. The fourth-order valence-corrected chi connectivity index (χ4v) is 3.22. The van der Waals surface area contributed by atoms with Crippen LogP contribution in [-0.2, 0) is 5.60 Å². The van der Waals surface area contributed by atoms with Crippen LogP contribution in [0.4, 0.5) is 0 Å². The fourth-order valence-electron chi connectivity index (χ4n) is 3.22. The number of nitrogens with two attached hydrogens (primary N) is 1. The van der Waals surface area contributed by atoms with Crippen molar-refractivity contribution in [2.45, 2.75) is 50.7 Å². The number of hydrogen-bond donors (Lipinski definition) is 2. The fraction of sp³-hybridized carbons (Fsp3) is 0.600. The van der Waals surface area contributed by atoms with E-state index in [2.05, 4.69) is 0 Å². The van der Waals surface area contributed by atoms with Crippen LogP contribution in [0.15, 0.2) is 30.3 Å². The van der Waals surface area contributed by atoms with Crippen molar-refractivity contribution in [3.8, 4) is 0 Å². The van der Waals surface area contributed by atoms with Crippen LogP contribution >= 0.6 is 0 Å². The highest BCUT2D eigenvalue weighted by Crippen LogP contribution is 2.45. The molecule has 2 nitrogen and oxygen atoms in total.